The summed E-state index contributed by atoms with van der Waals surface area (Å²) in [6.45, 7) is 6.87. The van der Waals surface area contributed by atoms with E-state index in [-0.39, 0.29) is 12.0 Å². The molecule has 0 spiro atoms. The standard InChI is InChI=1S/C14H23NO3/c1-14(2,3)18-13(17)15-8-7-10-5-4-6-12(16)11(10)9-15/h10-11H,4-9H2,1-3H3/t10-,11+/m0/s1. The molecule has 2 fully saturated rings. The number of likely N-dealkylation sites (tertiary alicyclic amines) is 1. The van der Waals surface area contributed by atoms with Crippen molar-refractivity contribution >= 4 is 11.9 Å². The van der Waals surface area contributed by atoms with Crippen LogP contribution in [0.15, 0.2) is 0 Å². The molecule has 2 atom stereocenters. The van der Waals surface area contributed by atoms with Gasteiger partial charge in [0.25, 0.3) is 0 Å². The number of ether oxygens (including phenoxy) is 1. The average molecular weight is 253 g/mol. The predicted octanol–water partition coefficient (Wildman–Crippen LogP) is 2.61. The van der Waals surface area contributed by atoms with Crippen LogP contribution in [0.25, 0.3) is 0 Å². The van der Waals surface area contributed by atoms with Crippen LogP contribution in [0.4, 0.5) is 4.79 Å². The molecule has 4 nitrogen and oxygen atoms in total. The number of nitrogens with zero attached hydrogens (tertiary/aromatic N) is 1. The number of rotatable bonds is 0. The second-order valence-electron chi connectivity index (χ2n) is 6.44. The molecule has 1 saturated heterocycles. The van der Waals surface area contributed by atoms with Crippen LogP contribution >= 0.6 is 0 Å². The van der Waals surface area contributed by atoms with Crippen molar-refractivity contribution in [1.82, 2.24) is 4.90 Å². The van der Waals surface area contributed by atoms with Crippen molar-refractivity contribution in [2.45, 2.75) is 52.1 Å². The Bertz CT molecular complexity index is 345. The van der Waals surface area contributed by atoms with Gasteiger partial charge in [-0.2, -0.15) is 0 Å². The topological polar surface area (TPSA) is 46.6 Å². The van der Waals surface area contributed by atoms with Crippen molar-refractivity contribution in [3.05, 3.63) is 0 Å². The van der Waals surface area contributed by atoms with Crippen LogP contribution in [0.3, 0.4) is 0 Å². The third-order valence-electron chi connectivity index (χ3n) is 3.82. The van der Waals surface area contributed by atoms with E-state index in [0.717, 1.165) is 25.8 Å². The summed E-state index contributed by atoms with van der Waals surface area (Å²) in [4.78, 5) is 25.6. The molecule has 1 amide bonds. The minimum atomic E-state index is -0.468. The van der Waals surface area contributed by atoms with Gasteiger partial charge in [0.2, 0.25) is 0 Å². The van der Waals surface area contributed by atoms with Crippen molar-refractivity contribution in [2.24, 2.45) is 11.8 Å². The molecule has 0 aromatic rings. The summed E-state index contributed by atoms with van der Waals surface area (Å²) in [5.41, 5.74) is -0.468. The molecule has 2 aliphatic rings. The largest absolute Gasteiger partial charge is 0.444 e. The number of hydrogen-bond donors (Lipinski definition) is 0. The van der Waals surface area contributed by atoms with Crippen LogP contribution in [-0.2, 0) is 9.53 Å². The van der Waals surface area contributed by atoms with Crippen molar-refractivity contribution in [2.75, 3.05) is 13.1 Å². The van der Waals surface area contributed by atoms with E-state index >= 15 is 0 Å². The lowest BCUT2D eigenvalue weighted by Gasteiger charge is -2.40. The summed E-state index contributed by atoms with van der Waals surface area (Å²) >= 11 is 0. The molecule has 4 heteroatoms. The van der Waals surface area contributed by atoms with Crippen LogP contribution in [0.2, 0.25) is 0 Å². The first-order valence-corrected chi connectivity index (χ1v) is 6.87. The Morgan fingerprint density at radius 2 is 2.06 bits per heavy atom. The Labute approximate surface area is 109 Å². The molecular formula is C14H23NO3. The molecule has 0 N–H and O–H groups in total. The van der Waals surface area contributed by atoms with E-state index < -0.39 is 5.60 Å². The highest BCUT2D eigenvalue weighted by atomic mass is 16.6. The quantitative estimate of drug-likeness (QED) is 0.666. The maximum Gasteiger partial charge on any atom is 0.410 e. The Kier molecular flexibility index (Phi) is 3.64. The Morgan fingerprint density at radius 1 is 1.33 bits per heavy atom. The summed E-state index contributed by atoms with van der Waals surface area (Å²) in [7, 11) is 0. The Hall–Kier alpha value is -1.06. The zero-order chi connectivity index (χ0) is 13.3. The molecule has 0 bridgehead atoms. The lowest BCUT2D eigenvalue weighted by Crippen LogP contribution is -2.49. The molecular weight excluding hydrogens is 230 g/mol. The fourth-order valence-electron chi connectivity index (χ4n) is 2.93. The van der Waals surface area contributed by atoms with Gasteiger partial charge in [0.1, 0.15) is 11.4 Å². The lowest BCUT2D eigenvalue weighted by molar-refractivity contribution is -0.128. The number of carbonyl (C=O) groups is 2. The van der Waals surface area contributed by atoms with Gasteiger partial charge in [-0.25, -0.2) is 4.79 Å². The molecule has 18 heavy (non-hydrogen) atoms. The second kappa shape index (κ2) is 4.90. The van der Waals surface area contributed by atoms with Crippen LogP contribution < -0.4 is 0 Å². The van der Waals surface area contributed by atoms with E-state index in [2.05, 4.69) is 0 Å². The summed E-state index contributed by atoms with van der Waals surface area (Å²) in [6.07, 6.45) is 3.50. The number of Topliss-reactive ketones (excluding diaryl/α,β-unsaturated/α-hetero) is 1. The van der Waals surface area contributed by atoms with Gasteiger partial charge in [-0.15, -0.1) is 0 Å². The third kappa shape index (κ3) is 3.03. The first-order chi connectivity index (χ1) is 8.37. The highest BCUT2D eigenvalue weighted by Gasteiger charge is 2.38. The lowest BCUT2D eigenvalue weighted by atomic mass is 9.74. The Balaban J connectivity index is 1.96. The van der Waals surface area contributed by atoms with Gasteiger partial charge >= 0.3 is 6.09 Å². The number of amides is 1. The second-order valence-corrected chi connectivity index (χ2v) is 6.44. The van der Waals surface area contributed by atoms with Gasteiger partial charge in [0, 0.05) is 25.4 Å². The predicted molar refractivity (Wildman–Crippen MR) is 68.3 cm³/mol. The highest BCUT2D eigenvalue weighted by Crippen LogP contribution is 2.34. The monoisotopic (exact) mass is 253 g/mol. The molecule has 1 aliphatic carbocycles. The normalized spacial score (nSPS) is 28.8. The summed E-state index contributed by atoms with van der Waals surface area (Å²) in [6, 6.07) is 0. The van der Waals surface area contributed by atoms with Crippen LogP contribution in [0.5, 0.6) is 0 Å². The fourth-order valence-corrected chi connectivity index (χ4v) is 2.93. The van der Waals surface area contributed by atoms with Crippen molar-refractivity contribution in [1.29, 1.82) is 0 Å². The zero-order valence-corrected chi connectivity index (χ0v) is 11.6. The minimum Gasteiger partial charge on any atom is -0.444 e. The van der Waals surface area contributed by atoms with Crippen molar-refractivity contribution in [3.63, 3.8) is 0 Å². The fraction of sp³-hybridized carbons (Fsp3) is 0.857. The SMILES string of the molecule is CC(C)(C)OC(=O)N1CC[C@@H]2CCCC(=O)[C@@H]2C1. The number of ketones is 1. The van der Waals surface area contributed by atoms with Crippen LogP contribution in [0.1, 0.15) is 46.5 Å². The molecule has 0 aromatic heterocycles. The zero-order valence-electron chi connectivity index (χ0n) is 11.6. The molecule has 0 aromatic carbocycles. The van der Waals surface area contributed by atoms with E-state index in [1.54, 1.807) is 4.90 Å². The van der Waals surface area contributed by atoms with Crippen LogP contribution in [-0.4, -0.2) is 35.5 Å². The molecule has 102 valence electrons. The smallest absolute Gasteiger partial charge is 0.410 e. The molecule has 2 rings (SSSR count). The minimum absolute atomic E-state index is 0.0556. The first kappa shape index (κ1) is 13.4. The highest BCUT2D eigenvalue weighted by molar-refractivity contribution is 5.83. The average Bonchev–Trinajstić information content (AvgIpc) is 2.27. The molecule has 1 saturated carbocycles. The molecule has 0 radical (unpaired) electrons. The van der Waals surface area contributed by atoms with E-state index in [1.807, 2.05) is 20.8 Å². The number of piperidine rings is 1. The molecule has 1 heterocycles. The van der Waals surface area contributed by atoms with Crippen LogP contribution in [0, 0.1) is 11.8 Å². The van der Waals surface area contributed by atoms with Gasteiger partial charge in [0.15, 0.2) is 0 Å². The van der Waals surface area contributed by atoms with Gasteiger partial charge in [-0.1, -0.05) is 0 Å². The van der Waals surface area contributed by atoms with Crippen molar-refractivity contribution in [3.8, 4) is 0 Å². The van der Waals surface area contributed by atoms with Crippen molar-refractivity contribution < 1.29 is 14.3 Å². The number of fused-ring (bicyclic) bond motifs is 1. The maximum absolute atomic E-state index is 12.0. The van der Waals surface area contributed by atoms with Gasteiger partial charge < -0.3 is 9.64 Å². The van der Waals surface area contributed by atoms with E-state index in [0.29, 0.717) is 24.7 Å². The Morgan fingerprint density at radius 3 is 2.72 bits per heavy atom. The first-order valence-electron chi connectivity index (χ1n) is 6.87. The number of hydrogen-bond acceptors (Lipinski definition) is 3. The maximum atomic E-state index is 12.0. The van der Waals surface area contributed by atoms with E-state index in [9.17, 15) is 9.59 Å². The van der Waals surface area contributed by atoms with Gasteiger partial charge in [-0.3, -0.25) is 4.79 Å². The number of carbonyl (C=O) groups excluding carboxylic acids is 2. The summed E-state index contributed by atoms with van der Waals surface area (Å²) in [5, 5.41) is 0. The van der Waals surface area contributed by atoms with E-state index in [1.165, 1.54) is 0 Å². The van der Waals surface area contributed by atoms with Gasteiger partial charge in [0.05, 0.1) is 0 Å². The summed E-state index contributed by atoms with van der Waals surface area (Å²) in [5.74, 6) is 0.879. The summed E-state index contributed by atoms with van der Waals surface area (Å²) < 4.78 is 5.37. The van der Waals surface area contributed by atoms with Gasteiger partial charge in [-0.05, 0) is 46.0 Å². The molecule has 1 aliphatic heterocycles. The third-order valence-corrected chi connectivity index (χ3v) is 3.82. The molecule has 0 unspecified atom stereocenters. The van der Waals surface area contributed by atoms with E-state index in [4.69, 9.17) is 4.74 Å².